The Morgan fingerprint density at radius 3 is 2.69 bits per heavy atom. The summed E-state index contributed by atoms with van der Waals surface area (Å²) in [5.74, 6) is 0.0576. The summed E-state index contributed by atoms with van der Waals surface area (Å²) in [6, 6.07) is 14.4. The molecular weight excluding hydrogens is 331 g/mol. The number of nitrogens with one attached hydrogen (secondary N) is 1. The Morgan fingerprint density at radius 2 is 1.88 bits per heavy atom. The number of amides is 1. The monoisotopic (exact) mass is 348 g/mol. The van der Waals surface area contributed by atoms with Gasteiger partial charge in [-0.25, -0.2) is 14.4 Å². The Kier molecular flexibility index (Phi) is 4.31. The minimum absolute atomic E-state index is 0.164. The van der Waals surface area contributed by atoms with Crippen LogP contribution in [0.5, 0.6) is 0 Å². The molecule has 2 aromatic carbocycles. The number of halogens is 1. The molecule has 1 N–H and O–H groups in total. The average molecular weight is 348 g/mol. The highest BCUT2D eigenvalue weighted by molar-refractivity contribution is 6.05. The summed E-state index contributed by atoms with van der Waals surface area (Å²) in [7, 11) is 0. The number of carbonyl (C=O) groups is 1. The van der Waals surface area contributed by atoms with Crippen molar-refractivity contribution < 1.29 is 9.18 Å². The van der Waals surface area contributed by atoms with Gasteiger partial charge in [-0.3, -0.25) is 4.79 Å². The van der Waals surface area contributed by atoms with E-state index in [1.54, 1.807) is 23.1 Å². The first-order valence-electron chi connectivity index (χ1n) is 8.41. The second-order valence-corrected chi connectivity index (χ2v) is 6.07. The highest BCUT2D eigenvalue weighted by atomic mass is 19.1. The molecular formula is C20H17FN4O. The maximum atomic E-state index is 13.6. The SMILES string of the molecule is O=C(c1cnc(NCc2ccccc2F)cn1)N1CCc2ccccc21. The molecule has 0 spiro atoms. The number of benzene rings is 2. The molecule has 0 aliphatic carbocycles. The zero-order valence-corrected chi connectivity index (χ0v) is 14.0. The van der Waals surface area contributed by atoms with E-state index in [-0.39, 0.29) is 17.4 Å². The molecule has 0 atom stereocenters. The van der Waals surface area contributed by atoms with Gasteiger partial charge in [0.15, 0.2) is 0 Å². The quantitative estimate of drug-likeness (QED) is 0.785. The van der Waals surface area contributed by atoms with E-state index in [0.29, 0.717) is 24.5 Å². The second-order valence-electron chi connectivity index (χ2n) is 6.07. The molecule has 0 saturated heterocycles. The number of para-hydroxylation sites is 1. The zero-order chi connectivity index (χ0) is 17.9. The molecule has 5 nitrogen and oxygen atoms in total. The van der Waals surface area contributed by atoms with E-state index in [4.69, 9.17) is 0 Å². The van der Waals surface area contributed by atoms with E-state index in [0.717, 1.165) is 17.7 Å². The van der Waals surface area contributed by atoms with Crippen molar-refractivity contribution in [2.45, 2.75) is 13.0 Å². The summed E-state index contributed by atoms with van der Waals surface area (Å²) in [5.41, 5.74) is 2.93. The number of aromatic nitrogens is 2. The summed E-state index contributed by atoms with van der Waals surface area (Å²) in [5, 5.41) is 3.01. The molecule has 0 fully saturated rings. The first-order valence-corrected chi connectivity index (χ1v) is 8.41. The summed E-state index contributed by atoms with van der Waals surface area (Å²) >= 11 is 0. The molecule has 0 saturated carbocycles. The molecule has 26 heavy (non-hydrogen) atoms. The van der Waals surface area contributed by atoms with Crippen LogP contribution in [-0.2, 0) is 13.0 Å². The van der Waals surface area contributed by atoms with Gasteiger partial charge in [-0.15, -0.1) is 0 Å². The van der Waals surface area contributed by atoms with Crippen LogP contribution >= 0.6 is 0 Å². The number of nitrogens with zero attached hydrogens (tertiary/aromatic N) is 3. The number of carbonyl (C=O) groups excluding carboxylic acids is 1. The average Bonchev–Trinajstić information content (AvgIpc) is 3.11. The van der Waals surface area contributed by atoms with Gasteiger partial charge in [0.1, 0.15) is 17.3 Å². The predicted molar refractivity (Wildman–Crippen MR) is 97.6 cm³/mol. The van der Waals surface area contributed by atoms with Crippen molar-refractivity contribution in [1.82, 2.24) is 9.97 Å². The second kappa shape index (κ2) is 6.92. The van der Waals surface area contributed by atoms with Gasteiger partial charge in [-0.05, 0) is 24.1 Å². The van der Waals surface area contributed by atoms with Crippen LogP contribution in [0.2, 0.25) is 0 Å². The molecule has 1 aromatic heterocycles. The fraction of sp³-hybridized carbons (Fsp3) is 0.150. The van der Waals surface area contributed by atoms with Gasteiger partial charge < -0.3 is 10.2 Å². The molecule has 130 valence electrons. The van der Waals surface area contributed by atoms with Crippen molar-refractivity contribution in [3.8, 4) is 0 Å². The lowest BCUT2D eigenvalue weighted by molar-refractivity contribution is 0.0984. The van der Waals surface area contributed by atoms with Crippen LogP contribution in [0.4, 0.5) is 15.9 Å². The van der Waals surface area contributed by atoms with Crippen LogP contribution in [0.1, 0.15) is 21.6 Å². The Labute approximate surface area is 150 Å². The highest BCUT2D eigenvalue weighted by Crippen LogP contribution is 2.28. The summed E-state index contributed by atoms with van der Waals surface area (Å²) < 4.78 is 13.6. The Balaban J connectivity index is 1.45. The number of hydrogen-bond acceptors (Lipinski definition) is 4. The van der Waals surface area contributed by atoms with Gasteiger partial charge in [0.05, 0.1) is 12.4 Å². The minimum atomic E-state index is -0.271. The number of anilines is 2. The van der Waals surface area contributed by atoms with Crippen molar-refractivity contribution >= 4 is 17.4 Å². The van der Waals surface area contributed by atoms with Crippen molar-refractivity contribution in [1.29, 1.82) is 0 Å². The molecule has 0 unspecified atom stereocenters. The Morgan fingerprint density at radius 1 is 1.08 bits per heavy atom. The third-order valence-electron chi connectivity index (χ3n) is 4.42. The lowest BCUT2D eigenvalue weighted by atomic mass is 10.2. The van der Waals surface area contributed by atoms with E-state index < -0.39 is 0 Å². The fourth-order valence-corrected chi connectivity index (χ4v) is 3.04. The third-order valence-corrected chi connectivity index (χ3v) is 4.42. The van der Waals surface area contributed by atoms with Gasteiger partial charge in [-0.1, -0.05) is 36.4 Å². The first kappa shape index (κ1) is 16.2. The van der Waals surface area contributed by atoms with Gasteiger partial charge in [0.25, 0.3) is 5.91 Å². The highest BCUT2D eigenvalue weighted by Gasteiger charge is 2.26. The maximum Gasteiger partial charge on any atom is 0.278 e. The predicted octanol–water partition coefficient (Wildman–Crippen LogP) is 3.43. The van der Waals surface area contributed by atoms with Gasteiger partial charge >= 0.3 is 0 Å². The smallest absolute Gasteiger partial charge is 0.278 e. The van der Waals surface area contributed by atoms with Gasteiger partial charge in [0, 0.05) is 24.3 Å². The first-order chi connectivity index (χ1) is 12.7. The van der Waals surface area contributed by atoms with Crippen LogP contribution in [0.15, 0.2) is 60.9 Å². The third kappa shape index (κ3) is 3.13. The largest absolute Gasteiger partial charge is 0.365 e. The van der Waals surface area contributed by atoms with Crippen molar-refractivity contribution in [3.05, 3.63) is 83.6 Å². The molecule has 6 heteroatoms. The molecule has 3 aromatic rings. The van der Waals surface area contributed by atoms with Gasteiger partial charge in [0.2, 0.25) is 0 Å². The van der Waals surface area contributed by atoms with E-state index in [1.807, 2.05) is 24.3 Å². The van der Waals surface area contributed by atoms with E-state index >= 15 is 0 Å². The minimum Gasteiger partial charge on any atom is -0.365 e. The number of fused-ring (bicyclic) bond motifs is 1. The molecule has 4 rings (SSSR count). The number of rotatable bonds is 4. The van der Waals surface area contributed by atoms with Crippen molar-refractivity contribution in [2.75, 3.05) is 16.8 Å². The zero-order valence-electron chi connectivity index (χ0n) is 14.0. The summed E-state index contributed by atoms with van der Waals surface area (Å²) in [6.07, 6.45) is 3.79. The van der Waals surface area contributed by atoms with Gasteiger partial charge in [-0.2, -0.15) is 0 Å². The van der Waals surface area contributed by atoms with Crippen LogP contribution in [0.3, 0.4) is 0 Å². The normalized spacial score (nSPS) is 12.7. The van der Waals surface area contributed by atoms with E-state index in [1.165, 1.54) is 18.5 Å². The molecule has 0 bridgehead atoms. The molecule has 1 aliphatic heterocycles. The fourth-order valence-electron chi connectivity index (χ4n) is 3.04. The topological polar surface area (TPSA) is 58.1 Å². The van der Waals surface area contributed by atoms with Crippen LogP contribution in [0.25, 0.3) is 0 Å². The maximum absolute atomic E-state index is 13.6. The standard InChI is InChI=1S/C20H17FN4O/c21-16-7-3-1-6-15(16)11-23-19-13-22-17(12-24-19)20(26)25-10-9-14-5-2-4-8-18(14)25/h1-8,12-13H,9-11H2,(H,23,24). The molecule has 0 radical (unpaired) electrons. The summed E-state index contributed by atoms with van der Waals surface area (Å²) in [6.45, 7) is 0.946. The molecule has 1 amide bonds. The number of hydrogen-bond donors (Lipinski definition) is 1. The van der Waals surface area contributed by atoms with Crippen LogP contribution in [0, 0.1) is 5.82 Å². The van der Waals surface area contributed by atoms with E-state index in [9.17, 15) is 9.18 Å². The summed E-state index contributed by atoms with van der Waals surface area (Å²) in [4.78, 5) is 22.9. The molecule has 2 heterocycles. The van der Waals surface area contributed by atoms with E-state index in [2.05, 4.69) is 15.3 Å². The Hall–Kier alpha value is -3.28. The van der Waals surface area contributed by atoms with Crippen LogP contribution in [-0.4, -0.2) is 22.4 Å². The van der Waals surface area contributed by atoms with Crippen LogP contribution < -0.4 is 10.2 Å². The Bertz CT molecular complexity index is 943. The lowest BCUT2D eigenvalue weighted by Crippen LogP contribution is -2.29. The molecule has 1 aliphatic rings. The van der Waals surface area contributed by atoms with Crippen molar-refractivity contribution in [3.63, 3.8) is 0 Å². The lowest BCUT2D eigenvalue weighted by Gasteiger charge is -2.16. The van der Waals surface area contributed by atoms with Crippen molar-refractivity contribution in [2.24, 2.45) is 0 Å².